The van der Waals surface area contributed by atoms with Crippen LogP contribution in [0.3, 0.4) is 0 Å². The number of aliphatic carboxylic acids is 1. The van der Waals surface area contributed by atoms with E-state index in [1.54, 1.807) is 18.2 Å². The first kappa shape index (κ1) is 19.1. The van der Waals surface area contributed by atoms with E-state index in [2.05, 4.69) is 5.32 Å². The van der Waals surface area contributed by atoms with Crippen molar-refractivity contribution in [3.05, 3.63) is 35.6 Å². The molecule has 23 heavy (non-hydrogen) atoms. The lowest BCUT2D eigenvalue weighted by Gasteiger charge is -2.17. The first-order valence-corrected chi connectivity index (χ1v) is 7.97. The standard InChI is InChI=1S/C17H25FN2O3/c1-2-3-10-14(19)16(21)20-15(17(22)23)11-6-8-12-7-4-5-9-13(12)18/h4-5,7,9,14-15H,2-3,6,8,10-11,19H2,1H3,(H,20,21)(H,22,23)/t14-,15?/m0/s1. The topological polar surface area (TPSA) is 92.4 Å². The van der Waals surface area contributed by atoms with E-state index in [4.69, 9.17) is 5.73 Å². The number of halogens is 1. The molecule has 4 N–H and O–H groups in total. The van der Waals surface area contributed by atoms with E-state index in [0.29, 0.717) is 24.8 Å². The van der Waals surface area contributed by atoms with Crippen LogP contribution in [-0.4, -0.2) is 29.1 Å². The smallest absolute Gasteiger partial charge is 0.326 e. The van der Waals surface area contributed by atoms with Gasteiger partial charge in [-0.05, 0) is 37.3 Å². The van der Waals surface area contributed by atoms with E-state index < -0.39 is 24.0 Å². The summed E-state index contributed by atoms with van der Waals surface area (Å²) in [4.78, 5) is 23.1. The summed E-state index contributed by atoms with van der Waals surface area (Å²) in [6, 6.07) is 4.70. The van der Waals surface area contributed by atoms with Gasteiger partial charge in [0.15, 0.2) is 0 Å². The number of unbranched alkanes of at least 4 members (excludes halogenated alkanes) is 1. The highest BCUT2D eigenvalue weighted by Crippen LogP contribution is 2.11. The van der Waals surface area contributed by atoms with Crippen molar-refractivity contribution in [2.45, 2.75) is 57.5 Å². The molecule has 1 aromatic carbocycles. The molecule has 1 aromatic rings. The number of carbonyl (C=O) groups excluding carboxylic acids is 1. The summed E-state index contributed by atoms with van der Waals surface area (Å²) in [6.07, 6.45) is 3.39. The molecule has 0 aromatic heterocycles. The van der Waals surface area contributed by atoms with Gasteiger partial charge in [-0.2, -0.15) is 0 Å². The maximum atomic E-state index is 13.5. The zero-order valence-electron chi connectivity index (χ0n) is 13.4. The Balaban J connectivity index is 2.47. The van der Waals surface area contributed by atoms with Crippen LogP contribution in [0.2, 0.25) is 0 Å². The van der Waals surface area contributed by atoms with Gasteiger partial charge in [-0.3, -0.25) is 4.79 Å². The Labute approximate surface area is 136 Å². The normalized spacial score (nSPS) is 13.3. The van der Waals surface area contributed by atoms with Crippen LogP contribution in [0.1, 0.15) is 44.6 Å². The Kier molecular flexibility index (Phi) is 8.26. The third kappa shape index (κ3) is 6.78. The lowest BCUT2D eigenvalue weighted by molar-refractivity contribution is -0.142. The van der Waals surface area contributed by atoms with Crippen LogP contribution in [0.5, 0.6) is 0 Å². The number of hydrogen-bond acceptors (Lipinski definition) is 3. The SMILES string of the molecule is CCCC[C@H](N)C(=O)NC(CCCc1ccccc1F)C(=O)O. The highest BCUT2D eigenvalue weighted by Gasteiger charge is 2.22. The third-order valence-corrected chi connectivity index (χ3v) is 3.72. The molecule has 1 rings (SSSR count). The minimum absolute atomic E-state index is 0.232. The van der Waals surface area contributed by atoms with Crippen LogP contribution < -0.4 is 11.1 Å². The summed E-state index contributed by atoms with van der Waals surface area (Å²) in [5, 5.41) is 11.7. The molecule has 1 unspecified atom stereocenters. The third-order valence-electron chi connectivity index (χ3n) is 3.72. The molecule has 6 heteroatoms. The van der Waals surface area contributed by atoms with E-state index in [9.17, 15) is 19.1 Å². The van der Waals surface area contributed by atoms with Gasteiger partial charge in [-0.25, -0.2) is 9.18 Å². The Hall–Kier alpha value is -1.95. The van der Waals surface area contributed by atoms with E-state index in [1.807, 2.05) is 6.92 Å². The minimum atomic E-state index is -1.10. The van der Waals surface area contributed by atoms with Crippen molar-refractivity contribution in [2.75, 3.05) is 0 Å². The zero-order chi connectivity index (χ0) is 17.2. The number of rotatable bonds is 10. The second-order valence-corrected chi connectivity index (χ2v) is 5.63. The van der Waals surface area contributed by atoms with Crippen LogP contribution in [-0.2, 0) is 16.0 Å². The maximum absolute atomic E-state index is 13.5. The van der Waals surface area contributed by atoms with E-state index in [0.717, 1.165) is 12.8 Å². The lowest BCUT2D eigenvalue weighted by atomic mass is 10.0. The first-order chi connectivity index (χ1) is 11.0. The van der Waals surface area contributed by atoms with Crippen molar-refractivity contribution >= 4 is 11.9 Å². The summed E-state index contributed by atoms with van der Waals surface area (Å²) >= 11 is 0. The fourth-order valence-electron chi connectivity index (χ4n) is 2.29. The second-order valence-electron chi connectivity index (χ2n) is 5.63. The highest BCUT2D eigenvalue weighted by molar-refractivity contribution is 5.86. The molecular formula is C17H25FN2O3. The summed E-state index contributed by atoms with van der Waals surface area (Å²) in [5.41, 5.74) is 6.28. The van der Waals surface area contributed by atoms with Crippen molar-refractivity contribution in [3.8, 4) is 0 Å². The second kappa shape index (κ2) is 9.94. The van der Waals surface area contributed by atoms with Gasteiger partial charge < -0.3 is 16.2 Å². The Morgan fingerprint density at radius 1 is 1.26 bits per heavy atom. The number of nitrogens with one attached hydrogen (secondary N) is 1. The molecule has 0 bridgehead atoms. The quantitative estimate of drug-likeness (QED) is 0.615. The first-order valence-electron chi connectivity index (χ1n) is 7.97. The summed E-state index contributed by atoms with van der Waals surface area (Å²) < 4.78 is 13.5. The molecule has 0 radical (unpaired) electrons. The molecule has 0 fully saturated rings. The van der Waals surface area contributed by atoms with Crippen molar-refractivity contribution < 1.29 is 19.1 Å². The van der Waals surface area contributed by atoms with E-state index in [-0.39, 0.29) is 12.2 Å². The maximum Gasteiger partial charge on any atom is 0.326 e. The van der Waals surface area contributed by atoms with Crippen LogP contribution in [0.25, 0.3) is 0 Å². The summed E-state index contributed by atoms with van der Waals surface area (Å²) in [5.74, 6) is -1.85. The molecule has 0 aliphatic rings. The van der Waals surface area contributed by atoms with Gasteiger partial charge in [0.05, 0.1) is 6.04 Å². The number of carboxylic acid groups (broad SMARTS) is 1. The molecule has 1 amide bonds. The van der Waals surface area contributed by atoms with E-state index in [1.165, 1.54) is 6.07 Å². The van der Waals surface area contributed by atoms with Crippen LogP contribution in [0.15, 0.2) is 24.3 Å². The lowest BCUT2D eigenvalue weighted by Crippen LogP contribution is -2.48. The van der Waals surface area contributed by atoms with Gasteiger partial charge in [0.25, 0.3) is 0 Å². The van der Waals surface area contributed by atoms with Crippen LogP contribution >= 0.6 is 0 Å². The van der Waals surface area contributed by atoms with Crippen molar-refractivity contribution in [1.29, 1.82) is 0 Å². The Morgan fingerprint density at radius 3 is 2.57 bits per heavy atom. The van der Waals surface area contributed by atoms with Crippen LogP contribution in [0, 0.1) is 5.82 Å². The number of carbonyl (C=O) groups is 2. The molecule has 0 aliphatic heterocycles. The molecule has 2 atom stereocenters. The van der Waals surface area contributed by atoms with Gasteiger partial charge >= 0.3 is 5.97 Å². The van der Waals surface area contributed by atoms with Crippen molar-refractivity contribution in [3.63, 3.8) is 0 Å². The Bertz CT molecular complexity index is 522. The Morgan fingerprint density at radius 2 is 1.96 bits per heavy atom. The van der Waals surface area contributed by atoms with Gasteiger partial charge in [-0.15, -0.1) is 0 Å². The molecule has 5 nitrogen and oxygen atoms in total. The van der Waals surface area contributed by atoms with E-state index >= 15 is 0 Å². The number of carboxylic acids is 1. The average Bonchev–Trinajstić information content (AvgIpc) is 2.52. The number of nitrogens with two attached hydrogens (primary N) is 1. The van der Waals surface area contributed by atoms with Gasteiger partial charge in [-0.1, -0.05) is 38.0 Å². The fourth-order valence-corrected chi connectivity index (χ4v) is 2.29. The highest BCUT2D eigenvalue weighted by atomic mass is 19.1. The molecular weight excluding hydrogens is 299 g/mol. The predicted octanol–water partition coefficient (Wildman–Crippen LogP) is 2.24. The molecule has 0 saturated carbocycles. The largest absolute Gasteiger partial charge is 0.480 e. The number of aryl methyl sites for hydroxylation is 1. The predicted molar refractivity (Wildman–Crippen MR) is 86.4 cm³/mol. The average molecular weight is 324 g/mol. The molecule has 0 saturated heterocycles. The number of amides is 1. The zero-order valence-corrected chi connectivity index (χ0v) is 13.4. The number of hydrogen-bond donors (Lipinski definition) is 3. The van der Waals surface area contributed by atoms with Gasteiger partial charge in [0, 0.05) is 0 Å². The fraction of sp³-hybridized carbons (Fsp3) is 0.529. The van der Waals surface area contributed by atoms with Gasteiger partial charge in [0.2, 0.25) is 5.91 Å². The van der Waals surface area contributed by atoms with Crippen molar-refractivity contribution in [1.82, 2.24) is 5.32 Å². The number of benzene rings is 1. The van der Waals surface area contributed by atoms with Crippen LogP contribution in [0.4, 0.5) is 4.39 Å². The molecule has 0 aliphatic carbocycles. The summed E-state index contributed by atoms with van der Waals surface area (Å²) in [7, 11) is 0. The summed E-state index contributed by atoms with van der Waals surface area (Å²) in [6.45, 7) is 1.99. The minimum Gasteiger partial charge on any atom is -0.480 e. The molecule has 0 spiro atoms. The molecule has 128 valence electrons. The molecule has 0 heterocycles. The monoisotopic (exact) mass is 324 g/mol. The van der Waals surface area contributed by atoms with Crippen molar-refractivity contribution in [2.24, 2.45) is 5.73 Å². The van der Waals surface area contributed by atoms with Gasteiger partial charge in [0.1, 0.15) is 11.9 Å².